The van der Waals surface area contributed by atoms with Gasteiger partial charge in [0.25, 0.3) is 0 Å². The van der Waals surface area contributed by atoms with E-state index in [0.29, 0.717) is 36.8 Å². The van der Waals surface area contributed by atoms with E-state index >= 15 is 0 Å². The third kappa shape index (κ3) is 7.39. The van der Waals surface area contributed by atoms with Gasteiger partial charge in [-0.2, -0.15) is 0 Å². The first-order valence-corrected chi connectivity index (χ1v) is 13.2. The van der Waals surface area contributed by atoms with Crippen molar-refractivity contribution in [1.82, 2.24) is 5.32 Å². The second kappa shape index (κ2) is 11.9. The lowest BCUT2D eigenvalue weighted by atomic mass is 10.1. The van der Waals surface area contributed by atoms with Crippen molar-refractivity contribution in [2.24, 2.45) is 0 Å². The van der Waals surface area contributed by atoms with Gasteiger partial charge in [-0.25, -0.2) is 8.42 Å². The molecule has 0 aliphatic carbocycles. The molecular formula is C25H36N2O5S. The molecule has 0 saturated carbocycles. The Morgan fingerprint density at radius 2 is 1.73 bits per heavy atom. The third-order valence-corrected chi connectivity index (χ3v) is 6.63. The molecule has 1 atom stereocenters. The first kappa shape index (κ1) is 26.5. The van der Waals surface area contributed by atoms with Gasteiger partial charge in [0.2, 0.25) is 15.9 Å². The summed E-state index contributed by atoms with van der Waals surface area (Å²) >= 11 is 0. The zero-order chi connectivity index (χ0) is 24.6. The number of nitrogens with zero attached hydrogens (tertiary/aromatic N) is 1. The van der Waals surface area contributed by atoms with Crippen molar-refractivity contribution in [2.75, 3.05) is 30.3 Å². The van der Waals surface area contributed by atoms with Crippen molar-refractivity contribution < 1.29 is 22.7 Å². The van der Waals surface area contributed by atoms with Gasteiger partial charge in [0.15, 0.2) is 11.5 Å². The van der Waals surface area contributed by atoms with E-state index < -0.39 is 10.0 Å². The first-order valence-electron chi connectivity index (χ1n) is 11.3. The van der Waals surface area contributed by atoms with Gasteiger partial charge in [-0.15, -0.1) is 0 Å². The van der Waals surface area contributed by atoms with Gasteiger partial charge in [-0.05, 0) is 75.9 Å². The molecule has 2 rings (SSSR count). The summed E-state index contributed by atoms with van der Waals surface area (Å²) in [6.45, 7) is 10.9. The minimum absolute atomic E-state index is 0.135. The van der Waals surface area contributed by atoms with Crippen LogP contribution in [0, 0.1) is 13.8 Å². The second-order valence-electron chi connectivity index (χ2n) is 8.02. The van der Waals surface area contributed by atoms with Crippen LogP contribution in [0.5, 0.6) is 11.5 Å². The summed E-state index contributed by atoms with van der Waals surface area (Å²) in [6, 6.07) is 11.0. The summed E-state index contributed by atoms with van der Waals surface area (Å²) in [5, 5.41) is 2.99. The Bertz CT molecular complexity index is 1050. The molecule has 1 amide bonds. The Hall–Kier alpha value is -2.74. The fourth-order valence-corrected chi connectivity index (χ4v) is 4.60. The number of rotatable bonds is 12. The van der Waals surface area contributed by atoms with Crippen LogP contribution in [0.4, 0.5) is 5.69 Å². The third-order valence-electron chi connectivity index (χ3n) is 5.46. The molecule has 0 heterocycles. The van der Waals surface area contributed by atoms with E-state index in [9.17, 15) is 13.2 Å². The standard InChI is InChI=1S/C25H36N2O5S/c1-7-31-23-15-14-21(17-24(23)32-8-2)20(5)26-25(28)13-10-16-27(33(6,29)30)22-12-9-11-18(3)19(22)4/h9,11-12,14-15,17,20H,7-8,10,13,16H2,1-6H3,(H,26,28)/t20-/m0/s1. The molecule has 0 fully saturated rings. The van der Waals surface area contributed by atoms with Gasteiger partial charge >= 0.3 is 0 Å². The van der Waals surface area contributed by atoms with E-state index in [4.69, 9.17) is 9.47 Å². The number of aryl methyl sites for hydroxylation is 1. The second-order valence-corrected chi connectivity index (χ2v) is 9.93. The predicted molar refractivity (Wildman–Crippen MR) is 133 cm³/mol. The molecule has 182 valence electrons. The maximum atomic E-state index is 12.6. The highest BCUT2D eigenvalue weighted by Gasteiger charge is 2.20. The van der Waals surface area contributed by atoms with E-state index in [-0.39, 0.29) is 24.9 Å². The summed E-state index contributed by atoms with van der Waals surface area (Å²) in [5.74, 6) is 1.19. The van der Waals surface area contributed by atoms with Crippen molar-refractivity contribution in [3.8, 4) is 11.5 Å². The predicted octanol–water partition coefficient (Wildman–Crippen LogP) is 4.52. The Labute approximate surface area is 198 Å². The quantitative estimate of drug-likeness (QED) is 0.487. The number of benzene rings is 2. The van der Waals surface area contributed by atoms with Gasteiger partial charge in [0, 0.05) is 13.0 Å². The summed E-state index contributed by atoms with van der Waals surface area (Å²) in [5.41, 5.74) is 3.50. The Morgan fingerprint density at radius 1 is 1.06 bits per heavy atom. The van der Waals surface area contributed by atoms with E-state index in [0.717, 1.165) is 16.7 Å². The number of hydrogen-bond donors (Lipinski definition) is 1. The molecule has 0 spiro atoms. The highest BCUT2D eigenvalue weighted by Crippen LogP contribution is 2.31. The minimum Gasteiger partial charge on any atom is -0.490 e. The van der Waals surface area contributed by atoms with Crippen molar-refractivity contribution in [3.63, 3.8) is 0 Å². The van der Waals surface area contributed by atoms with Crippen LogP contribution < -0.4 is 19.1 Å². The highest BCUT2D eigenvalue weighted by atomic mass is 32.2. The fraction of sp³-hybridized carbons (Fsp3) is 0.480. The van der Waals surface area contributed by atoms with Crippen LogP contribution in [0.25, 0.3) is 0 Å². The van der Waals surface area contributed by atoms with Crippen molar-refractivity contribution in [1.29, 1.82) is 0 Å². The fourth-order valence-electron chi connectivity index (χ4n) is 3.59. The zero-order valence-corrected chi connectivity index (χ0v) is 21.3. The van der Waals surface area contributed by atoms with E-state index in [1.54, 1.807) is 6.07 Å². The maximum absolute atomic E-state index is 12.6. The number of amides is 1. The molecule has 2 aromatic carbocycles. The zero-order valence-electron chi connectivity index (χ0n) is 20.5. The molecule has 2 aromatic rings. The molecule has 8 heteroatoms. The lowest BCUT2D eigenvalue weighted by Crippen LogP contribution is -2.33. The van der Waals surface area contributed by atoms with Gasteiger partial charge in [-0.1, -0.05) is 18.2 Å². The minimum atomic E-state index is -3.46. The largest absolute Gasteiger partial charge is 0.490 e. The molecule has 0 radical (unpaired) electrons. The van der Waals surface area contributed by atoms with Crippen LogP contribution in [-0.2, 0) is 14.8 Å². The molecule has 0 saturated heterocycles. The average molecular weight is 477 g/mol. The summed E-state index contributed by atoms with van der Waals surface area (Å²) < 4.78 is 37.4. The Balaban J connectivity index is 2.01. The maximum Gasteiger partial charge on any atom is 0.232 e. The SMILES string of the molecule is CCOc1ccc([C@H](C)NC(=O)CCCN(c2cccc(C)c2C)S(C)(=O)=O)cc1OCC. The Kier molecular flexibility index (Phi) is 9.58. The number of carbonyl (C=O) groups is 1. The first-order chi connectivity index (χ1) is 15.6. The van der Waals surface area contributed by atoms with E-state index in [2.05, 4.69) is 5.32 Å². The smallest absolute Gasteiger partial charge is 0.232 e. The van der Waals surface area contributed by atoms with Crippen LogP contribution in [-0.4, -0.2) is 40.3 Å². The molecule has 33 heavy (non-hydrogen) atoms. The molecule has 0 unspecified atom stereocenters. The molecular weight excluding hydrogens is 440 g/mol. The topological polar surface area (TPSA) is 84.9 Å². The highest BCUT2D eigenvalue weighted by molar-refractivity contribution is 7.92. The molecule has 0 aliphatic rings. The lowest BCUT2D eigenvalue weighted by molar-refractivity contribution is -0.121. The number of hydrogen-bond acceptors (Lipinski definition) is 5. The van der Waals surface area contributed by atoms with Crippen molar-refractivity contribution >= 4 is 21.6 Å². The van der Waals surface area contributed by atoms with Crippen molar-refractivity contribution in [3.05, 3.63) is 53.1 Å². The van der Waals surface area contributed by atoms with Crippen LogP contribution in [0.1, 0.15) is 56.3 Å². The molecule has 0 bridgehead atoms. The van der Waals surface area contributed by atoms with E-state index in [1.807, 2.05) is 65.0 Å². The summed E-state index contributed by atoms with van der Waals surface area (Å²) in [7, 11) is -3.46. The van der Waals surface area contributed by atoms with Crippen molar-refractivity contribution in [2.45, 2.75) is 53.5 Å². The van der Waals surface area contributed by atoms with Crippen LogP contribution in [0.15, 0.2) is 36.4 Å². The monoisotopic (exact) mass is 476 g/mol. The normalized spacial score (nSPS) is 12.2. The van der Waals surface area contributed by atoms with Gasteiger partial charge in [-0.3, -0.25) is 9.10 Å². The Morgan fingerprint density at radius 3 is 2.36 bits per heavy atom. The number of sulfonamides is 1. The van der Waals surface area contributed by atoms with Gasteiger partial charge < -0.3 is 14.8 Å². The molecule has 7 nitrogen and oxygen atoms in total. The number of nitrogens with one attached hydrogen (secondary N) is 1. The molecule has 0 aromatic heterocycles. The van der Waals surface area contributed by atoms with Crippen LogP contribution >= 0.6 is 0 Å². The van der Waals surface area contributed by atoms with E-state index in [1.165, 1.54) is 10.6 Å². The summed E-state index contributed by atoms with van der Waals surface area (Å²) in [4.78, 5) is 12.6. The van der Waals surface area contributed by atoms with Crippen LogP contribution in [0.2, 0.25) is 0 Å². The van der Waals surface area contributed by atoms with Gasteiger partial charge in [0.05, 0.1) is 31.2 Å². The number of ether oxygens (including phenoxy) is 2. The molecule has 1 N–H and O–H groups in total. The molecule has 0 aliphatic heterocycles. The average Bonchev–Trinajstić information content (AvgIpc) is 2.74. The number of anilines is 1. The lowest BCUT2D eigenvalue weighted by Gasteiger charge is -2.25. The summed E-state index contributed by atoms with van der Waals surface area (Å²) in [6.07, 6.45) is 1.82. The number of carbonyl (C=O) groups excluding carboxylic acids is 1. The van der Waals surface area contributed by atoms with Gasteiger partial charge in [0.1, 0.15) is 0 Å². The van der Waals surface area contributed by atoms with Crippen LogP contribution in [0.3, 0.4) is 0 Å².